The van der Waals surface area contributed by atoms with Crippen molar-refractivity contribution in [2.24, 2.45) is 0 Å². The molecule has 0 aromatic heterocycles. The van der Waals surface area contributed by atoms with Gasteiger partial charge in [0.1, 0.15) is 0 Å². The summed E-state index contributed by atoms with van der Waals surface area (Å²) in [5, 5.41) is 13.3. The number of piperazine rings is 1. The first-order valence-corrected chi connectivity index (χ1v) is 6.98. The number of amides is 1. The molecule has 0 spiro atoms. The van der Waals surface area contributed by atoms with E-state index >= 15 is 0 Å². The summed E-state index contributed by atoms with van der Waals surface area (Å²) in [5.41, 5.74) is 1.08. The highest BCUT2D eigenvalue weighted by Crippen LogP contribution is 2.21. The maximum absolute atomic E-state index is 11.6. The maximum Gasteiger partial charge on any atom is 0.269 e. The molecule has 1 atom stereocenters. The predicted octanol–water partition coefficient (Wildman–Crippen LogP) is 0.851. The summed E-state index contributed by atoms with van der Waals surface area (Å²) in [6.45, 7) is 5.11. The molecule has 1 heterocycles. The van der Waals surface area contributed by atoms with Gasteiger partial charge in [-0.3, -0.25) is 19.8 Å². The molecule has 1 saturated heterocycles. The van der Waals surface area contributed by atoms with Crippen molar-refractivity contribution in [3.05, 3.63) is 34.4 Å². The van der Waals surface area contributed by atoms with Gasteiger partial charge in [0.2, 0.25) is 5.91 Å². The minimum Gasteiger partial charge on any atom is -0.369 e. The average Bonchev–Trinajstić information content (AvgIpc) is 2.53. The summed E-state index contributed by atoms with van der Waals surface area (Å²) in [6, 6.07) is 6.46. The van der Waals surface area contributed by atoms with Crippen LogP contribution in [0.25, 0.3) is 0 Å². The molecule has 0 unspecified atom stereocenters. The smallest absolute Gasteiger partial charge is 0.269 e. The number of nitro benzene ring substituents is 1. The van der Waals surface area contributed by atoms with Gasteiger partial charge in [-0.25, -0.2) is 0 Å². The summed E-state index contributed by atoms with van der Waals surface area (Å²) in [6.07, 6.45) is 0. The summed E-state index contributed by atoms with van der Waals surface area (Å²) in [5.74, 6) is 0.0267. The highest BCUT2D eigenvalue weighted by atomic mass is 16.6. The molecule has 7 nitrogen and oxygen atoms in total. The fourth-order valence-electron chi connectivity index (χ4n) is 2.53. The van der Waals surface area contributed by atoms with Gasteiger partial charge in [-0.05, 0) is 19.1 Å². The first-order chi connectivity index (χ1) is 10.0. The van der Waals surface area contributed by atoms with E-state index in [2.05, 4.69) is 15.1 Å². The molecule has 1 aromatic carbocycles. The lowest BCUT2D eigenvalue weighted by Gasteiger charge is -2.38. The van der Waals surface area contributed by atoms with Crippen molar-refractivity contribution in [1.82, 2.24) is 10.2 Å². The zero-order valence-electron chi connectivity index (χ0n) is 12.3. The van der Waals surface area contributed by atoms with Gasteiger partial charge in [-0.2, -0.15) is 0 Å². The Morgan fingerprint density at radius 2 is 1.81 bits per heavy atom. The number of rotatable bonds is 4. The summed E-state index contributed by atoms with van der Waals surface area (Å²) >= 11 is 0. The molecule has 0 radical (unpaired) electrons. The van der Waals surface area contributed by atoms with Gasteiger partial charge in [-0.15, -0.1) is 0 Å². The molecule has 21 heavy (non-hydrogen) atoms. The minimum absolute atomic E-state index is 0.0267. The minimum atomic E-state index is -0.396. The molecule has 1 aromatic rings. The molecule has 7 heteroatoms. The lowest BCUT2D eigenvalue weighted by Crippen LogP contribution is -2.53. The zero-order valence-corrected chi connectivity index (χ0v) is 12.3. The monoisotopic (exact) mass is 292 g/mol. The fraction of sp³-hybridized carbons (Fsp3) is 0.500. The Labute approximate surface area is 123 Å². The van der Waals surface area contributed by atoms with Crippen LogP contribution in [0.15, 0.2) is 24.3 Å². The number of nitrogens with zero attached hydrogens (tertiary/aromatic N) is 3. The standard InChI is InChI=1S/C14H20N4O3/c1-11(14(19)15-2)16-7-9-17(10-8-16)12-3-5-13(6-4-12)18(20)21/h3-6,11H,7-10H2,1-2H3,(H,15,19)/t11-/m1/s1. The van der Waals surface area contributed by atoms with Crippen LogP contribution in [0.5, 0.6) is 0 Å². The number of anilines is 1. The van der Waals surface area contributed by atoms with Crippen LogP contribution in [0.4, 0.5) is 11.4 Å². The molecular formula is C14H20N4O3. The van der Waals surface area contributed by atoms with E-state index in [-0.39, 0.29) is 17.6 Å². The van der Waals surface area contributed by atoms with Gasteiger partial charge >= 0.3 is 0 Å². The topological polar surface area (TPSA) is 78.7 Å². The van der Waals surface area contributed by atoms with Crippen LogP contribution in [0, 0.1) is 10.1 Å². The Morgan fingerprint density at radius 1 is 1.24 bits per heavy atom. The lowest BCUT2D eigenvalue weighted by atomic mass is 10.2. The Hall–Kier alpha value is -2.15. The van der Waals surface area contributed by atoms with Crippen molar-refractivity contribution in [1.29, 1.82) is 0 Å². The van der Waals surface area contributed by atoms with Crippen LogP contribution in [-0.2, 0) is 4.79 Å². The van der Waals surface area contributed by atoms with Crippen molar-refractivity contribution in [2.75, 3.05) is 38.1 Å². The molecular weight excluding hydrogens is 272 g/mol. The second-order valence-electron chi connectivity index (χ2n) is 5.09. The van der Waals surface area contributed by atoms with E-state index in [1.54, 1.807) is 19.2 Å². The van der Waals surface area contributed by atoms with E-state index in [1.165, 1.54) is 12.1 Å². The third-order valence-corrected chi connectivity index (χ3v) is 3.91. The zero-order chi connectivity index (χ0) is 15.4. The molecule has 114 valence electrons. The van der Waals surface area contributed by atoms with E-state index in [0.717, 1.165) is 31.9 Å². The SMILES string of the molecule is CNC(=O)[C@@H](C)N1CCN(c2ccc([N+](=O)[O-])cc2)CC1. The number of nitro groups is 1. The van der Waals surface area contributed by atoms with Crippen LogP contribution in [0.3, 0.4) is 0 Å². The lowest BCUT2D eigenvalue weighted by molar-refractivity contribution is -0.384. The van der Waals surface area contributed by atoms with E-state index in [9.17, 15) is 14.9 Å². The number of likely N-dealkylation sites (N-methyl/N-ethyl adjacent to an activating group) is 1. The van der Waals surface area contributed by atoms with E-state index in [0.29, 0.717) is 0 Å². The number of non-ortho nitro benzene ring substituents is 1. The van der Waals surface area contributed by atoms with Crippen LogP contribution >= 0.6 is 0 Å². The highest BCUT2D eigenvalue weighted by Gasteiger charge is 2.25. The number of hydrogen-bond acceptors (Lipinski definition) is 5. The third kappa shape index (κ3) is 3.49. The van der Waals surface area contributed by atoms with Gasteiger partial charge in [0.15, 0.2) is 0 Å². The Bertz CT molecular complexity index is 509. The van der Waals surface area contributed by atoms with Gasteiger partial charge < -0.3 is 10.2 Å². The van der Waals surface area contributed by atoms with Crippen molar-refractivity contribution < 1.29 is 9.72 Å². The van der Waals surface area contributed by atoms with E-state index < -0.39 is 4.92 Å². The number of hydrogen-bond donors (Lipinski definition) is 1. The summed E-state index contributed by atoms with van der Waals surface area (Å²) in [4.78, 5) is 26.2. The first-order valence-electron chi connectivity index (χ1n) is 6.98. The number of nitrogens with one attached hydrogen (secondary N) is 1. The predicted molar refractivity (Wildman–Crippen MR) is 80.4 cm³/mol. The Balaban J connectivity index is 1.94. The molecule has 1 N–H and O–H groups in total. The van der Waals surface area contributed by atoms with Gasteiger partial charge in [0, 0.05) is 51.0 Å². The molecule has 0 aliphatic carbocycles. The first kappa shape index (κ1) is 15.2. The summed E-state index contributed by atoms with van der Waals surface area (Å²) in [7, 11) is 1.64. The second kappa shape index (κ2) is 6.53. The van der Waals surface area contributed by atoms with Crippen molar-refractivity contribution >= 4 is 17.3 Å². The summed E-state index contributed by atoms with van der Waals surface area (Å²) < 4.78 is 0. The molecule has 0 saturated carbocycles. The van der Waals surface area contributed by atoms with Gasteiger partial charge in [0.25, 0.3) is 5.69 Å². The van der Waals surface area contributed by atoms with Crippen molar-refractivity contribution in [3.63, 3.8) is 0 Å². The van der Waals surface area contributed by atoms with Crippen LogP contribution in [0.2, 0.25) is 0 Å². The van der Waals surface area contributed by atoms with E-state index in [1.807, 2.05) is 6.92 Å². The molecule has 1 fully saturated rings. The average molecular weight is 292 g/mol. The fourth-order valence-corrected chi connectivity index (χ4v) is 2.53. The van der Waals surface area contributed by atoms with Crippen molar-refractivity contribution in [2.45, 2.75) is 13.0 Å². The molecule has 0 bridgehead atoms. The van der Waals surface area contributed by atoms with E-state index in [4.69, 9.17) is 0 Å². The highest BCUT2D eigenvalue weighted by molar-refractivity contribution is 5.81. The third-order valence-electron chi connectivity index (χ3n) is 3.91. The molecule has 1 aliphatic rings. The normalized spacial score (nSPS) is 17.3. The van der Waals surface area contributed by atoms with Crippen LogP contribution in [-0.4, -0.2) is 55.0 Å². The van der Waals surface area contributed by atoms with Crippen LogP contribution < -0.4 is 10.2 Å². The quantitative estimate of drug-likeness (QED) is 0.657. The number of benzene rings is 1. The maximum atomic E-state index is 11.6. The second-order valence-corrected chi connectivity index (χ2v) is 5.09. The van der Waals surface area contributed by atoms with Gasteiger partial charge in [-0.1, -0.05) is 0 Å². The molecule has 1 aliphatic heterocycles. The molecule has 1 amide bonds. The Kier molecular flexibility index (Phi) is 4.74. The number of carbonyl (C=O) groups excluding carboxylic acids is 1. The number of carbonyl (C=O) groups is 1. The van der Waals surface area contributed by atoms with Crippen molar-refractivity contribution in [3.8, 4) is 0 Å². The van der Waals surface area contributed by atoms with Crippen LogP contribution in [0.1, 0.15) is 6.92 Å². The largest absolute Gasteiger partial charge is 0.369 e. The molecule has 2 rings (SSSR count). The Morgan fingerprint density at radius 3 is 2.29 bits per heavy atom. The van der Waals surface area contributed by atoms with Gasteiger partial charge in [0.05, 0.1) is 11.0 Å².